The van der Waals surface area contributed by atoms with Gasteiger partial charge in [0.15, 0.2) is 0 Å². The molecule has 1 aromatic rings. The first-order valence-electron chi connectivity index (χ1n) is 5.61. The van der Waals surface area contributed by atoms with Crippen LogP contribution in [0.25, 0.3) is 0 Å². The SMILES string of the molecule is Cc1cc(C(=O)N[C@@H]2CCC[C@@H]2C(N)=O)ns1. The van der Waals surface area contributed by atoms with E-state index in [1.165, 1.54) is 11.5 Å². The normalized spacial score (nSPS) is 23.6. The molecule has 6 heteroatoms. The van der Waals surface area contributed by atoms with Crippen molar-refractivity contribution >= 4 is 23.3 Å². The van der Waals surface area contributed by atoms with E-state index >= 15 is 0 Å². The van der Waals surface area contributed by atoms with E-state index in [4.69, 9.17) is 5.73 Å². The first-order valence-corrected chi connectivity index (χ1v) is 6.39. The average Bonchev–Trinajstić information content (AvgIpc) is 2.86. The summed E-state index contributed by atoms with van der Waals surface area (Å²) in [6.45, 7) is 1.90. The fraction of sp³-hybridized carbons (Fsp3) is 0.545. The lowest BCUT2D eigenvalue weighted by molar-refractivity contribution is -0.122. The van der Waals surface area contributed by atoms with E-state index in [1.807, 2.05) is 6.92 Å². The van der Waals surface area contributed by atoms with E-state index < -0.39 is 0 Å². The van der Waals surface area contributed by atoms with Crippen LogP contribution < -0.4 is 11.1 Å². The van der Waals surface area contributed by atoms with Gasteiger partial charge in [-0.2, -0.15) is 4.37 Å². The highest BCUT2D eigenvalue weighted by Crippen LogP contribution is 2.25. The molecule has 2 atom stereocenters. The minimum atomic E-state index is -0.331. The van der Waals surface area contributed by atoms with Crippen molar-refractivity contribution < 1.29 is 9.59 Å². The van der Waals surface area contributed by atoms with Crippen molar-refractivity contribution in [1.82, 2.24) is 9.69 Å². The molecule has 0 unspecified atom stereocenters. The second-order valence-electron chi connectivity index (χ2n) is 4.34. The van der Waals surface area contributed by atoms with Crippen LogP contribution in [0.15, 0.2) is 6.07 Å². The van der Waals surface area contributed by atoms with E-state index in [0.29, 0.717) is 5.69 Å². The Balaban J connectivity index is 2.01. The number of hydrogen-bond acceptors (Lipinski definition) is 4. The molecule has 2 amide bonds. The number of rotatable bonds is 3. The van der Waals surface area contributed by atoms with Crippen molar-refractivity contribution in [2.24, 2.45) is 11.7 Å². The topological polar surface area (TPSA) is 85.1 Å². The third-order valence-corrected chi connectivity index (χ3v) is 3.75. The van der Waals surface area contributed by atoms with E-state index in [0.717, 1.165) is 24.1 Å². The summed E-state index contributed by atoms with van der Waals surface area (Å²) in [5, 5.41) is 2.84. The molecule has 5 nitrogen and oxygen atoms in total. The number of nitrogens with one attached hydrogen (secondary N) is 1. The van der Waals surface area contributed by atoms with Crippen LogP contribution in [0.1, 0.15) is 34.6 Å². The van der Waals surface area contributed by atoms with Gasteiger partial charge in [0.05, 0.1) is 5.92 Å². The number of nitrogens with two attached hydrogens (primary N) is 1. The van der Waals surface area contributed by atoms with Gasteiger partial charge in [-0.05, 0) is 37.4 Å². The van der Waals surface area contributed by atoms with E-state index in [-0.39, 0.29) is 23.8 Å². The van der Waals surface area contributed by atoms with Gasteiger partial charge < -0.3 is 11.1 Å². The highest BCUT2D eigenvalue weighted by molar-refractivity contribution is 7.05. The molecule has 92 valence electrons. The summed E-state index contributed by atoms with van der Waals surface area (Å²) in [5.41, 5.74) is 5.72. The molecular formula is C11H15N3O2S. The predicted octanol–water partition coefficient (Wildman–Crippen LogP) is 0.835. The summed E-state index contributed by atoms with van der Waals surface area (Å²) in [7, 11) is 0. The summed E-state index contributed by atoms with van der Waals surface area (Å²) < 4.78 is 4.04. The maximum atomic E-state index is 11.9. The standard InChI is InChI=1S/C11H15N3O2S/c1-6-5-9(14-17-6)11(16)13-8-4-2-3-7(8)10(12)15/h5,7-8H,2-4H2,1H3,(H2,12,15)(H,13,16)/t7-,8+/m0/s1. The van der Waals surface area contributed by atoms with Gasteiger partial charge in [-0.1, -0.05) is 6.42 Å². The molecule has 17 heavy (non-hydrogen) atoms. The minimum absolute atomic E-state index is 0.137. The zero-order chi connectivity index (χ0) is 12.4. The van der Waals surface area contributed by atoms with Crippen molar-refractivity contribution in [2.45, 2.75) is 32.2 Å². The van der Waals surface area contributed by atoms with Gasteiger partial charge in [-0.15, -0.1) is 0 Å². The van der Waals surface area contributed by atoms with Crippen LogP contribution in [-0.4, -0.2) is 22.2 Å². The second kappa shape index (κ2) is 4.83. The summed E-state index contributed by atoms with van der Waals surface area (Å²) in [6.07, 6.45) is 2.49. The predicted molar refractivity (Wildman–Crippen MR) is 64.6 cm³/mol. The van der Waals surface area contributed by atoms with Crippen molar-refractivity contribution in [1.29, 1.82) is 0 Å². The molecule has 0 saturated heterocycles. The number of primary amides is 1. The molecule has 2 rings (SSSR count). The Bertz CT molecular complexity index is 444. The van der Waals surface area contributed by atoms with E-state index in [2.05, 4.69) is 9.69 Å². The lowest BCUT2D eigenvalue weighted by Crippen LogP contribution is -2.42. The van der Waals surface area contributed by atoms with Gasteiger partial charge in [0.2, 0.25) is 5.91 Å². The summed E-state index contributed by atoms with van der Waals surface area (Å²) in [4.78, 5) is 24.0. The Kier molecular flexibility index (Phi) is 3.42. The minimum Gasteiger partial charge on any atom is -0.369 e. The van der Waals surface area contributed by atoms with Gasteiger partial charge in [0.1, 0.15) is 5.69 Å². The highest BCUT2D eigenvalue weighted by atomic mass is 32.1. The number of amides is 2. The molecule has 1 heterocycles. The zero-order valence-corrected chi connectivity index (χ0v) is 10.4. The molecule has 0 aromatic carbocycles. The summed E-state index contributed by atoms with van der Waals surface area (Å²) >= 11 is 1.30. The van der Waals surface area contributed by atoms with Gasteiger partial charge in [-0.25, -0.2) is 0 Å². The van der Waals surface area contributed by atoms with Gasteiger partial charge in [0.25, 0.3) is 5.91 Å². The van der Waals surface area contributed by atoms with Gasteiger partial charge in [0, 0.05) is 10.9 Å². The monoisotopic (exact) mass is 253 g/mol. The molecule has 0 spiro atoms. The molecule has 1 fully saturated rings. The zero-order valence-electron chi connectivity index (χ0n) is 9.60. The second-order valence-corrected chi connectivity index (χ2v) is 5.35. The first kappa shape index (κ1) is 12.0. The fourth-order valence-corrected chi connectivity index (χ4v) is 2.73. The number of carbonyl (C=O) groups excluding carboxylic acids is 2. The number of aryl methyl sites for hydroxylation is 1. The van der Waals surface area contributed by atoms with Crippen LogP contribution in [-0.2, 0) is 4.79 Å². The molecular weight excluding hydrogens is 238 g/mol. The quantitative estimate of drug-likeness (QED) is 0.837. The fourth-order valence-electron chi connectivity index (χ4n) is 2.19. The van der Waals surface area contributed by atoms with E-state index in [1.54, 1.807) is 6.07 Å². The Labute approximate surface area is 104 Å². The smallest absolute Gasteiger partial charge is 0.271 e. The van der Waals surface area contributed by atoms with Crippen molar-refractivity contribution in [2.75, 3.05) is 0 Å². The van der Waals surface area contributed by atoms with Gasteiger partial charge in [-0.3, -0.25) is 9.59 Å². The number of aromatic nitrogens is 1. The Morgan fingerprint density at radius 1 is 1.53 bits per heavy atom. The highest BCUT2D eigenvalue weighted by Gasteiger charge is 2.32. The first-order chi connectivity index (χ1) is 8.08. The molecule has 0 aliphatic heterocycles. The molecule has 0 bridgehead atoms. The molecule has 3 N–H and O–H groups in total. The lowest BCUT2D eigenvalue weighted by Gasteiger charge is -2.17. The maximum Gasteiger partial charge on any atom is 0.271 e. The Morgan fingerprint density at radius 3 is 2.88 bits per heavy atom. The van der Waals surface area contributed by atoms with Crippen molar-refractivity contribution in [3.05, 3.63) is 16.6 Å². The Hall–Kier alpha value is -1.43. The van der Waals surface area contributed by atoms with Crippen LogP contribution in [0, 0.1) is 12.8 Å². The molecule has 1 aliphatic rings. The average molecular weight is 253 g/mol. The summed E-state index contributed by atoms with van der Waals surface area (Å²) in [5.74, 6) is -0.784. The van der Waals surface area contributed by atoms with Crippen LogP contribution in [0.3, 0.4) is 0 Å². The lowest BCUT2D eigenvalue weighted by atomic mass is 10.0. The molecule has 0 radical (unpaired) electrons. The van der Waals surface area contributed by atoms with Crippen LogP contribution >= 0.6 is 11.5 Å². The summed E-state index contributed by atoms with van der Waals surface area (Å²) in [6, 6.07) is 1.61. The molecule has 1 aromatic heterocycles. The molecule has 1 aliphatic carbocycles. The van der Waals surface area contributed by atoms with E-state index in [9.17, 15) is 9.59 Å². The number of nitrogens with zero attached hydrogens (tertiary/aromatic N) is 1. The van der Waals surface area contributed by atoms with Crippen LogP contribution in [0.4, 0.5) is 0 Å². The van der Waals surface area contributed by atoms with Crippen molar-refractivity contribution in [3.8, 4) is 0 Å². The van der Waals surface area contributed by atoms with Gasteiger partial charge >= 0.3 is 0 Å². The third-order valence-electron chi connectivity index (χ3n) is 3.06. The van der Waals surface area contributed by atoms with Crippen molar-refractivity contribution in [3.63, 3.8) is 0 Å². The van der Waals surface area contributed by atoms with Crippen LogP contribution in [0.2, 0.25) is 0 Å². The van der Waals surface area contributed by atoms with Crippen LogP contribution in [0.5, 0.6) is 0 Å². The molecule has 1 saturated carbocycles. The maximum absolute atomic E-state index is 11.9. The number of carbonyl (C=O) groups is 2. The largest absolute Gasteiger partial charge is 0.369 e. The Morgan fingerprint density at radius 2 is 2.29 bits per heavy atom. The number of hydrogen-bond donors (Lipinski definition) is 2. The third kappa shape index (κ3) is 2.63.